The number of rotatable bonds is 8. The van der Waals surface area contributed by atoms with E-state index in [-0.39, 0.29) is 12.5 Å². The molecular weight excluding hydrogens is 438 g/mol. The van der Waals surface area contributed by atoms with Crippen LogP contribution in [0.2, 0.25) is 0 Å². The molecule has 0 unspecified atom stereocenters. The maximum Gasteiger partial charge on any atom is 0.246 e. The standard InChI is InChI=1S/C20H22BrN5O3/c1-4-25(12-14-5-10-17(28-2)18(11-14)29-3)19(27)13-26-23-20(22-24-26)15-6-8-16(21)9-7-15/h5-11H,4,12-13H2,1-3H3. The SMILES string of the molecule is CCN(Cc1ccc(OC)c(OC)c1)C(=O)Cn1nnc(-c2ccc(Br)cc2)n1. The molecule has 0 spiro atoms. The van der Waals surface area contributed by atoms with Gasteiger partial charge in [-0.1, -0.05) is 22.0 Å². The number of hydrogen-bond acceptors (Lipinski definition) is 6. The molecule has 1 aromatic heterocycles. The smallest absolute Gasteiger partial charge is 0.246 e. The van der Waals surface area contributed by atoms with Crippen LogP contribution in [0.5, 0.6) is 11.5 Å². The summed E-state index contributed by atoms with van der Waals surface area (Å²) in [5, 5.41) is 12.4. The van der Waals surface area contributed by atoms with Crippen molar-refractivity contribution in [2.45, 2.75) is 20.0 Å². The summed E-state index contributed by atoms with van der Waals surface area (Å²) in [7, 11) is 3.18. The normalized spacial score (nSPS) is 10.6. The fourth-order valence-corrected chi connectivity index (χ4v) is 3.09. The number of benzene rings is 2. The van der Waals surface area contributed by atoms with E-state index in [1.165, 1.54) is 4.80 Å². The van der Waals surface area contributed by atoms with Crippen LogP contribution >= 0.6 is 15.9 Å². The number of carbonyl (C=O) groups excluding carboxylic acids is 1. The molecule has 0 bridgehead atoms. The molecule has 0 saturated heterocycles. The zero-order chi connectivity index (χ0) is 20.8. The van der Waals surface area contributed by atoms with Crippen molar-refractivity contribution in [2.24, 2.45) is 0 Å². The number of methoxy groups -OCH3 is 2. The Kier molecular flexibility index (Phi) is 6.82. The maximum absolute atomic E-state index is 12.8. The van der Waals surface area contributed by atoms with Gasteiger partial charge in [-0.05, 0) is 54.1 Å². The van der Waals surface area contributed by atoms with Crippen molar-refractivity contribution in [1.82, 2.24) is 25.1 Å². The highest BCUT2D eigenvalue weighted by Gasteiger charge is 2.16. The van der Waals surface area contributed by atoms with Gasteiger partial charge < -0.3 is 14.4 Å². The predicted octanol–water partition coefficient (Wildman–Crippen LogP) is 3.17. The molecule has 2 aromatic carbocycles. The van der Waals surface area contributed by atoms with Crippen molar-refractivity contribution in [3.05, 3.63) is 52.5 Å². The van der Waals surface area contributed by atoms with Crippen molar-refractivity contribution >= 4 is 21.8 Å². The van der Waals surface area contributed by atoms with Crippen molar-refractivity contribution < 1.29 is 14.3 Å². The zero-order valence-electron chi connectivity index (χ0n) is 16.5. The number of tetrazole rings is 1. The minimum atomic E-state index is -0.0953. The van der Waals surface area contributed by atoms with Gasteiger partial charge in [0, 0.05) is 23.1 Å². The average molecular weight is 460 g/mol. The monoisotopic (exact) mass is 459 g/mol. The fourth-order valence-electron chi connectivity index (χ4n) is 2.82. The Bertz CT molecular complexity index is 975. The largest absolute Gasteiger partial charge is 0.493 e. The van der Waals surface area contributed by atoms with Gasteiger partial charge in [0.2, 0.25) is 11.7 Å². The number of nitrogens with zero attached hydrogens (tertiary/aromatic N) is 5. The summed E-state index contributed by atoms with van der Waals surface area (Å²) < 4.78 is 11.6. The highest BCUT2D eigenvalue weighted by Crippen LogP contribution is 2.28. The Balaban J connectivity index is 1.68. The lowest BCUT2D eigenvalue weighted by Gasteiger charge is -2.21. The van der Waals surface area contributed by atoms with Crippen LogP contribution < -0.4 is 9.47 Å². The van der Waals surface area contributed by atoms with Gasteiger partial charge in [-0.25, -0.2) is 0 Å². The molecule has 0 aliphatic carbocycles. The van der Waals surface area contributed by atoms with E-state index >= 15 is 0 Å². The van der Waals surface area contributed by atoms with Gasteiger partial charge in [0.1, 0.15) is 6.54 Å². The van der Waals surface area contributed by atoms with Gasteiger partial charge in [0.25, 0.3) is 0 Å². The molecule has 0 atom stereocenters. The van der Waals surface area contributed by atoms with Crippen LogP contribution in [0.15, 0.2) is 46.9 Å². The summed E-state index contributed by atoms with van der Waals surface area (Å²) in [6.07, 6.45) is 0. The molecule has 1 amide bonds. The quantitative estimate of drug-likeness (QED) is 0.514. The van der Waals surface area contributed by atoms with E-state index in [1.54, 1.807) is 19.1 Å². The molecule has 9 heteroatoms. The van der Waals surface area contributed by atoms with E-state index in [1.807, 2.05) is 49.4 Å². The van der Waals surface area contributed by atoms with E-state index in [4.69, 9.17) is 9.47 Å². The van der Waals surface area contributed by atoms with Crippen LogP contribution in [0.3, 0.4) is 0 Å². The van der Waals surface area contributed by atoms with E-state index in [0.717, 1.165) is 15.6 Å². The van der Waals surface area contributed by atoms with Crippen LogP contribution in [0.4, 0.5) is 0 Å². The zero-order valence-corrected chi connectivity index (χ0v) is 18.1. The Morgan fingerprint density at radius 1 is 1.10 bits per heavy atom. The predicted molar refractivity (Wildman–Crippen MR) is 112 cm³/mol. The summed E-state index contributed by atoms with van der Waals surface area (Å²) in [6, 6.07) is 13.2. The van der Waals surface area contributed by atoms with Gasteiger partial charge in [0.05, 0.1) is 14.2 Å². The Morgan fingerprint density at radius 2 is 1.83 bits per heavy atom. The molecule has 0 saturated carbocycles. The van der Waals surface area contributed by atoms with Crippen LogP contribution in [-0.2, 0) is 17.9 Å². The lowest BCUT2D eigenvalue weighted by atomic mass is 10.2. The van der Waals surface area contributed by atoms with Gasteiger partial charge in [-0.15, -0.1) is 10.2 Å². The molecule has 3 rings (SSSR count). The first-order chi connectivity index (χ1) is 14.0. The van der Waals surface area contributed by atoms with E-state index in [2.05, 4.69) is 31.3 Å². The summed E-state index contributed by atoms with van der Waals surface area (Å²) in [5.74, 6) is 1.67. The molecule has 152 valence electrons. The number of carbonyl (C=O) groups is 1. The van der Waals surface area contributed by atoms with Gasteiger partial charge in [-0.3, -0.25) is 4.79 Å². The fraction of sp³-hybridized carbons (Fsp3) is 0.300. The minimum absolute atomic E-state index is 0.0185. The highest BCUT2D eigenvalue weighted by atomic mass is 79.9. The molecule has 0 aliphatic rings. The number of likely N-dealkylation sites (N-methyl/N-ethyl adjacent to an activating group) is 1. The van der Waals surface area contributed by atoms with Crippen molar-refractivity contribution in [3.8, 4) is 22.9 Å². The number of halogens is 1. The van der Waals surface area contributed by atoms with Crippen molar-refractivity contribution in [1.29, 1.82) is 0 Å². The van der Waals surface area contributed by atoms with Gasteiger partial charge in [-0.2, -0.15) is 4.80 Å². The lowest BCUT2D eigenvalue weighted by Crippen LogP contribution is -2.33. The molecule has 1 heterocycles. The molecule has 0 fully saturated rings. The second-order valence-electron chi connectivity index (χ2n) is 6.25. The topological polar surface area (TPSA) is 82.4 Å². The first-order valence-electron chi connectivity index (χ1n) is 9.06. The minimum Gasteiger partial charge on any atom is -0.493 e. The van der Waals surface area contributed by atoms with E-state index in [0.29, 0.717) is 30.4 Å². The molecule has 0 N–H and O–H groups in total. The maximum atomic E-state index is 12.8. The molecule has 3 aromatic rings. The van der Waals surface area contributed by atoms with Crippen molar-refractivity contribution in [3.63, 3.8) is 0 Å². The first-order valence-corrected chi connectivity index (χ1v) is 9.85. The molecule has 0 radical (unpaired) electrons. The van der Waals surface area contributed by atoms with Crippen LogP contribution in [0.25, 0.3) is 11.4 Å². The number of ether oxygens (including phenoxy) is 2. The first kappa shape index (κ1) is 20.8. The third kappa shape index (κ3) is 5.11. The highest BCUT2D eigenvalue weighted by molar-refractivity contribution is 9.10. The van der Waals surface area contributed by atoms with E-state index in [9.17, 15) is 4.79 Å². The molecule has 8 nitrogen and oxygen atoms in total. The second kappa shape index (κ2) is 9.51. The van der Waals surface area contributed by atoms with Gasteiger partial charge >= 0.3 is 0 Å². The summed E-state index contributed by atoms with van der Waals surface area (Å²) >= 11 is 3.40. The van der Waals surface area contributed by atoms with E-state index < -0.39 is 0 Å². The number of hydrogen-bond donors (Lipinski definition) is 0. The van der Waals surface area contributed by atoms with Crippen LogP contribution in [0.1, 0.15) is 12.5 Å². The van der Waals surface area contributed by atoms with Crippen LogP contribution in [-0.4, -0.2) is 51.8 Å². The average Bonchev–Trinajstić information content (AvgIpc) is 3.20. The lowest BCUT2D eigenvalue weighted by molar-refractivity contribution is -0.132. The molecule has 0 aliphatic heterocycles. The van der Waals surface area contributed by atoms with Crippen LogP contribution in [0, 0.1) is 0 Å². The van der Waals surface area contributed by atoms with Gasteiger partial charge in [0.15, 0.2) is 11.5 Å². The molecular formula is C20H22BrN5O3. The summed E-state index contributed by atoms with van der Waals surface area (Å²) in [5.41, 5.74) is 1.78. The Morgan fingerprint density at radius 3 is 2.48 bits per heavy atom. The number of aromatic nitrogens is 4. The second-order valence-corrected chi connectivity index (χ2v) is 7.16. The Labute approximate surface area is 177 Å². The van der Waals surface area contributed by atoms with Crippen molar-refractivity contribution in [2.75, 3.05) is 20.8 Å². The molecule has 29 heavy (non-hydrogen) atoms. The third-order valence-electron chi connectivity index (χ3n) is 4.39. The summed E-state index contributed by atoms with van der Waals surface area (Å²) in [6.45, 7) is 2.96. The Hall–Kier alpha value is -2.94. The number of amides is 1. The third-order valence-corrected chi connectivity index (χ3v) is 4.92. The summed E-state index contributed by atoms with van der Waals surface area (Å²) in [4.78, 5) is 15.8.